The summed E-state index contributed by atoms with van der Waals surface area (Å²) in [5.74, 6) is 1.71. The number of aryl methyl sites for hydroxylation is 2. The van der Waals surface area contributed by atoms with Crippen molar-refractivity contribution in [3.63, 3.8) is 0 Å². The number of nitrogens with one attached hydrogen (secondary N) is 1. The van der Waals surface area contributed by atoms with Gasteiger partial charge in [0.05, 0.1) is 41.9 Å². The van der Waals surface area contributed by atoms with Gasteiger partial charge in [-0.05, 0) is 80.7 Å². The first-order valence-electron chi connectivity index (χ1n) is 15.7. The standard InChI is InChI=1S/C36H45N3O5S/c1-5-20-39-26-37-27(4)34(39)25-45(41)33-16-12-31(13-17-33)38-36(40)19-11-30-24-29(10-18-35(30)43-7-3)28-8-14-32(15-9-28)44-23-22-42-21-6-2/h8-16,18-19,24,26,33H,5-7,17,20-23,25H2,1-4H3,(H,38,40)/b19-11+/t33?,45-/m1/s1. The monoisotopic (exact) mass is 631 g/mol. The van der Waals surface area contributed by atoms with Crippen molar-refractivity contribution in [2.45, 2.75) is 64.5 Å². The van der Waals surface area contributed by atoms with Gasteiger partial charge in [-0.2, -0.15) is 0 Å². The van der Waals surface area contributed by atoms with Crippen molar-refractivity contribution in [3.05, 3.63) is 95.7 Å². The molecule has 1 unspecified atom stereocenters. The van der Waals surface area contributed by atoms with Crippen LogP contribution in [0.4, 0.5) is 0 Å². The van der Waals surface area contributed by atoms with Crippen LogP contribution in [0.5, 0.6) is 11.5 Å². The van der Waals surface area contributed by atoms with Gasteiger partial charge in [-0.3, -0.25) is 9.00 Å². The summed E-state index contributed by atoms with van der Waals surface area (Å²) in [5, 5.41) is 2.82. The average molecular weight is 632 g/mol. The number of aromatic nitrogens is 2. The Morgan fingerprint density at radius 3 is 2.56 bits per heavy atom. The lowest BCUT2D eigenvalue weighted by Crippen LogP contribution is -2.23. The van der Waals surface area contributed by atoms with E-state index in [1.165, 1.54) is 6.08 Å². The Hall–Kier alpha value is -3.95. The molecule has 4 rings (SSSR count). The van der Waals surface area contributed by atoms with Crippen LogP contribution in [0.25, 0.3) is 17.2 Å². The van der Waals surface area contributed by atoms with Crippen molar-refractivity contribution in [1.82, 2.24) is 14.9 Å². The number of hydrogen-bond acceptors (Lipinski definition) is 6. The third-order valence-corrected chi connectivity index (χ3v) is 8.90. The Bertz CT molecular complexity index is 1520. The van der Waals surface area contributed by atoms with Crippen LogP contribution in [0.2, 0.25) is 0 Å². The summed E-state index contributed by atoms with van der Waals surface area (Å²) in [6.07, 6.45) is 13.4. The highest BCUT2D eigenvalue weighted by Gasteiger charge is 2.19. The molecule has 1 aliphatic carbocycles. The second kappa shape index (κ2) is 17.5. The van der Waals surface area contributed by atoms with E-state index in [1.807, 2.05) is 80.9 Å². The Kier molecular flexibility index (Phi) is 13.2. The third-order valence-electron chi connectivity index (χ3n) is 7.32. The predicted molar refractivity (Wildman–Crippen MR) is 182 cm³/mol. The fourth-order valence-electron chi connectivity index (χ4n) is 4.96. The molecule has 8 nitrogen and oxygen atoms in total. The molecule has 0 saturated heterocycles. The van der Waals surface area contributed by atoms with Gasteiger partial charge in [0.1, 0.15) is 18.1 Å². The van der Waals surface area contributed by atoms with E-state index < -0.39 is 10.8 Å². The molecule has 0 saturated carbocycles. The van der Waals surface area contributed by atoms with E-state index in [4.69, 9.17) is 14.2 Å². The molecule has 0 aliphatic heterocycles. The summed E-state index contributed by atoms with van der Waals surface area (Å²) < 4.78 is 32.3. The number of rotatable bonds is 17. The third kappa shape index (κ3) is 10.0. The molecule has 1 heterocycles. The van der Waals surface area contributed by atoms with E-state index in [2.05, 4.69) is 28.7 Å². The zero-order chi connectivity index (χ0) is 32.0. The maximum absolute atomic E-state index is 13.1. The second-order valence-corrected chi connectivity index (χ2v) is 12.4. The van der Waals surface area contributed by atoms with Crippen LogP contribution in [-0.2, 0) is 32.6 Å². The van der Waals surface area contributed by atoms with E-state index in [0.717, 1.165) is 59.8 Å². The summed E-state index contributed by atoms with van der Waals surface area (Å²) in [6, 6.07) is 13.9. The van der Waals surface area contributed by atoms with Crippen molar-refractivity contribution in [1.29, 1.82) is 0 Å². The van der Waals surface area contributed by atoms with Gasteiger partial charge in [-0.25, -0.2) is 4.98 Å². The van der Waals surface area contributed by atoms with Gasteiger partial charge in [-0.15, -0.1) is 0 Å². The number of imidazole rings is 1. The lowest BCUT2D eigenvalue weighted by molar-refractivity contribution is -0.115. The maximum Gasteiger partial charge on any atom is 0.248 e. The van der Waals surface area contributed by atoms with Gasteiger partial charge < -0.3 is 24.1 Å². The first-order chi connectivity index (χ1) is 21.9. The predicted octanol–water partition coefficient (Wildman–Crippen LogP) is 6.76. The van der Waals surface area contributed by atoms with Gasteiger partial charge in [0, 0.05) is 41.3 Å². The molecule has 1 aromatic heterocycles. The minimum absolute atomic E-state index is 0.109. The van der Waals surface area contributed by atoms with Crippen LogP contribution >= 0.6 is 0 Å². The summed E-state index contributed by atoms with van der Waals surface area (Å²) in [7, 11) is -1.09. The average Bonchev–Trinajstić information content (AvgIpc) is 3.39. The smallest absolute Gasteiger partial charge is 0.248 e. The molecule has 0 radical (unpaired) electrons. The Morgan fingerprint density at radius 1 is 1.04 bits per heavy atom. The van der Waals surface area contributed by atoms with Gasteiger partial charge in [0.2, 0.25) is 5.91 Å². The maximum atomic E-state index is 13.1. The number of ether oxygens (including phenoxy) is 3. The van der Waals surface area contributed by atoms with Crippen molar-refractivity contribution >= 4 is 22.8 Å². The molecule has 3 aromatic rings. The first kappa shape index (κ1) is 33.9. The highest BCUT2D eigenvalue weighted by molar-refractivity contribution is 7.85. The quantitative estimate of drug-likeness (QED) is 0.131. The van der Waals surface area contributed by atoms with E-state index in [-0.39, 0.29) is 11.2 Å². The van der Waals surface area contributed by atoms with Crippen LogP contribution in [0.15, 0.2) is 78.8 Å². The number of nitrogens with zero attached hydrogens (tertiary/aromatic N) is 2. The Morgan fingerprint density at radius 2 is 1.84 bits per heavy atom. The number of hydrogen-bond donors (Lipinski definition) is 1. The van der Waals surface area contributed by atoms with Crippen molar-refractivity contribution in [2.24, 2.45) is 0 Å². The molecule has 1 N–H and O–H groups in total. The molecular formula is C36H45N3O5S. The normalized spacial score (nSPS) is 15.2. The fourth-order valence-corrected chi connectivity index (χ4v) is 6.39. The lowest BCUT2D eigenvalue weighted by Gasteiger charge is -2.17. The van der Waals surface area contributed by atoms with E-state index >= 15 is 0 Å². The summed E-state index contributed by atoms with van der Waals surface area (Å²) in [6.45, 7) is 11.3. The van der Waals surface area contributed by atoms with Gasteiger partial charge in [-0.1, -0.05) is 44.2 Å². The van der Waals surface area contributed by atoms with Crippen molar-refractivity contribution < 1.29 is 23.2 Å². The zero-order valence-corrected chi connectivity index (χ0v) is 27.6. The largest absolute Gasteiger partial charge is 0.493 e. The first-order valence-corrected chi connectivity index (χ1v) is 17.1. The summed E-state index contributed by atoms with van der Waals surface area (Å²) >= 11 is 0. The molecule has 45 heavy (non-hydrogen) atoms. The van der Waals surface area contributed by atoms with Crippen LogP contribution < -0.4 is 14.8 Å². The Balaban J connectivity index is 1.34. The van der Waals surface area contributed by atoms with Crippen molar-refractivity contribution in [3.8, 4) is 22.6 Å². The molecule has 1 aliphatic rings. The SMILES string of the molecule is CCCOCCOc1ccc(-c2ccc(OCC)c(/C=C/C(=O)NC3=CCC([S@](=O)Cc4c(C)ncn4CCC)C=C3)c2)cc1. The topological polar surface area (TPSA) is 91.7 Å². The summed E-state index contributed by atoms with van der Waals surface area (Å²) in [4.78, 5) is 17.2. The molecule has 1 amide bonds. The van der Waals surface area contributed by atoms with Gasteiger partial charge in [0.15, 0.2) is 0 Å². The Labute approximate surface area is 269 Å². The van der Waals surface area contributed by atoms with Crippen LogP contribution in [-0.4, -0.2) is 51.3 Å². The minimum atomic E-state index is -1.09. The summed E-state index contributed by atoms with van der Waals surface area (Å²) in [5.41, 5.74) is 5.49. The molecule has 2 atom stereocenters. The number of carbonyl (C=O) groups is 1. The van der Waals surface area contributed by atoms with Gasteiger partial charge >= 0.3 is 0 Å². The fraction of sp³-hybridized carbons (Fsp3) is 0.389. The molecule has 2 aromatic carbocycles. The second-order valence-electron chi connectivity index (χ2n) is 10.8. The van der Waals surface area contributed by atoms with Gasteiger partial charge in [0.25, 0.3) is 0 Å². The highest BCUT2D eigenvalue weighted by Crippen LogP contribution is 2.29. The molecule has 0 spiro atoms. The minimum Gasteiger partial charge on any atom is -0.493 e. The molecule has 240 valence electrons. The lowest BCUT2D eigenvalue weighted by atomic mass is 10.0. The van der Waals surface area contributed by atoms with Crippen LogP contribution in [0.1, 0.15) is 57.0 Å². The number of carbonyl (C=O) groups excluding carboxylic acids is 1. The van der Waals surface area contributed by atoms with E-state index in [1.54, 1.807) is 6.08 Å². The highest BCUT2D eigenvalue weighted by atomic mass is 32.2. The number of allylic oxidation sites excluding steroid dienone is 2. The number of amides is 1. The number of benzene rings is 2. The van der Waals surface area contributed by atoms with E-state index in [0.29, 0.717) is 43.4 Å². The molecule has 9 heteroatoms. The molecule has 0 bridgehead atoms. The van der Waals surface area contributed by atoms with Crippen LogP contribution in [0.3, 0.4) is 0 Å². The molecule has 0 fully saturated rings. The van der Waals surface area contributed by atoms with Crippen molar-refractivity contribution in [2.75, 3.05) is 26.4 Å². The zero-order valence-electron chi connectivity index (χ0n) is 26.8. The van der Waals surface area contributed by atoms with Crippen LogP contribution in [0, 0.1) is 6.92 Å². The molecular weight excluding hydrogens is 586 g/mol. The van der Waals surface area contributed by atoms with E-state index in [9.17, 15) is 9.00 Å².